The number of aromatic hydroxyl groups is 1. The van der Waals surface area contributed by atoms with Crippen LogP contribution < -0.4 is 0 Å². The van der Waals surface area contributed by atoms with Gasteiger partial charge in [-0.3, -0.25) is 0 Å². The molecular formula is C20H25NO3. The number of benzene rings is 1. The molecule has 3 aliphatic rings. The molecule has 0 amide bonds. The van der Waals surface area contributed by atoms with E-state index in [-0.39, 0.29) is 23.7 Å². The van der Waals surface area contributed by atoms with E-state index in [0.717, 1.165) is 25.7 Å². The molecule has 1 aromatic rings. The minimum atomic E-state index is -1.24. The number of nitriles is 1. The van der Waals surface area contributed by atoms with Gasteiger partial charge in [-0.2, -0.15) is 5.26 Å². The Morgan fingerprint density at radius 3 is 2.83 bits per heavy atom. The Labute approximate surface area is 142 Å². The van der Waals surface area contributed by atoms with Crippen molar-refractivity contribution in [2.24, 2.45) is 17.8 Å². The van der Waals surface area contributed by atoms with Crippen LogP contribution in [0.3, 0.4) is 0 Å². The fraction of sp³-hybridized carbons (Fsp3) is 0.650. The van der Waals surface area contributed by atoms with E-state index in [1.807, 2.05) is 6.07 Å². The SMILES string of the molecule is CC12CCC3C(CC(O)C3(O)CC#N)C1CCc1cc(O)ccc12. The topological polar surface area (TPSA) is 84.5 Å². The van der Waals surface area contributed by atoms with E-state index in [9.17, 15) is 15.3 Å². The molecule has 4 nitrogen and oxygen atoms in total. The summed E-state index contributed by atoms with van der Waals surface area (Å²) in [6.45, 7) is 2.30. The molecule has 0 radical (unpaired) electrons. The summed E-state index contributed by atoms with van der Waals surface area (Å²) in [6, 6.07) is 7.80. The highest BCUT2D eigenvalue weighted by molar-refractivity contribution is 5.43. The second kappa shape index (κ2) is 5.21. The maximum atomic E-state index is 11.0. The molecule has 2 saturated carbocycles. The zero-order valence-corrected chi connectivity index (χ0v) is 14.1. The van der Waals surface area contributed by atoms with E-state index < -0.39 is 11.7 Å². The van der Waals surface area contributed by atoms with Crippen LogP contribution in [0.5, 0.6) is 5.75 Å². The van der Waals surface area contributed by atoms with Gasteiger partial charge >= 0.3 is 0 Å². The average molecular weight is 327 g/mol. The Morgan fingerprint density at radius 1 is 1.29 bits per heavy atom. The van der Waals surface area contributed by atoms with Crippen LogP contribution in [0.4, 0.5) is 0 Å². The summed E-state index contributed by atoms with van der Waals surface area (Å²) in [7, 11) is 0. The second-order valence-corrected chi connectivity index (χ2v) is 8.29. The van der Waals surface area contributed by atoms with Gasteiger partial charge in [0.15, 0.2) is 0 Å². The van der Waals surface area contributed by atoms with Gasteiger partial charge in [-0.15, -0.1) is 0 Å². The largest absolute Gasteiger partial charge is 0.508 e. The molecule has 24 heavy (non-hydrogen) atoms. The summed E-state index contributed by atoms with van der Waals surface area (Å²) < 4.78 is 0. The van der Waals surface area contributed by atoms with Crippen LogP contribution in [-0.4, -0.2) is 27.0 Å². The quantitative estimate of drug-likeness (QED) is 0.740. The molecule has 1 aromatic carbocycles. The minimum Gasteiger partial charge on any atom is -0.508 e. The second-order valence-electron chi connectivity index (χ2n) is 8.29. The van der Waals surface area contributed by atoms with Gasteiger partial charge in [0.2, 0.25) is 0 Å². The van der Waals surface area contributed by atoms with E-state index in [1.54, 1.807) is 6.07 Å². The zero-order valence-electron chi connectivity index (χ0n) is 14.1. The van der Waals surface area contributed by atoms with Crippen molar-refractivity contribution < 1.29 is 15.3 Å². The standard InChI is InChI=1S/C20H25NO3/c1-19-7-6-17-14(11-18(23)20(17,24)8-9-21)16(19)4-2-12-10-13(22)3-5-15(12)19/h3,5,10,14,16-18,22-24H,2,4,6-8,11H2,1H3. The van der Waals surface area contributed by atoms with Gasteiger partial charge in [0.1, 0.15) is 11.4 Å². The molecule has 6 unspecified atom stereocenters. The number of phenolic OH excluding ortho intramolecular Hbond substituents is 1. The van der Waals surface area contributed by atoms with E-state index >= 15 is 0 Å². The van der Waals surface area contributed by atoms with Gasteiger partial charge in [-0.1, -0.05) is 13.0 Å². The lowest BCUT2D eigenvalue weighted by molar-refractivity contribution is -0.0939. The van der Waals surface area contributed by atoms with Gasteiger partial charge in [0.25, 0.3) is 0 Å². The first-order valence-electron chi connectivity index (χ1n) is 9.00. The summed E-state index contributed by atoms with van der Waals surface area (Å²) in [4.78, 5) is 0. The van der Waals surface area contributed by atoms with Gasteiger partial charge in [0, 0.05) is 0 Å². The molecule has 4 rings (SSSR count). The Hall–Kier alpha value is -1.57. The number of hydrogen-bond acceptors (Lipinski definition) is 4. The molecule has 2 fully saturated rings. The molecule has 0 aromatic heterocycles. The fourth-order valence-electron chi connectivity index (χ4n) is 6.16. The van der Waals surface area contributed by atoms with Gasteiger partial charge in [-0.05, 0) is 78.5 Å². The normalized spacial score (nSPS) is 43.4. The lowest BCUT2D eigenvalue weighted by Crippen LogP contribution is -2.51. The number of rotatable bonds is 1. The Bertz CT molecular complexity index is 711. The highest BCUT2D eigenvalue weighted by Crippen LogP contribution is 2.61. The minimum absolute atomic E-state index is 0.0171. The van der Waals surface area contributed by atoms with E-state index in [1.165, 1.54) is 11.1 Å². The summed E-state index contributed by atoms with van der Waals surface area (Å²) in [6.07, 6.45) is 3.56. The van der Waals surface area contributed by atoms with Crippen LogP contribution in [-0.2, 0) is 11.8 Å². The first-order valence-corrected chi connectivity index (χ1v) is 9.00. The highest BCUT2D eigenvalue weighted by atomic mass is 16.3. The third-order valence-corrected chi connectivity index (χ3v) is 7.33. The van der Waals surface area contributed by atoms with Crippen molar-refractivity contribution in [2.45, 2.75) is 62.6 Å². The van der Waals surface area contributed by atoms with E-state index in [0.29, 0.717) is 18.1 Å². The van der Waals surface area contributed by atoms with Crippen molar-refractivity contribution in [3.05, 3.63) is 29.3 Å². The predicted octanol–water partition coefficient (Wildman–Crippen LogP) is 2.65. The molecule has 0 saturated heterocycles. The number of aryl methyl sites for hydroxylation is 1. The van der Waals surface area contributed by atoms with Crippen LogP contribution in [0.15, 0.2) is 18.2 Å². The Kier molecular flexibility index (Phi) is 3.46. The van der Waals surface area contributed by atoms with E-state index in [2.05, 4.69) is 19.1 Å². The lowest BCUT2D eigenvalue weighted by atomic mass is 9.52. The van der Waals surface area contributed by atoms with E-state index in [4.69, 9.17) is 5.26 Å². The monoisotopic (exact) mass is 327 g/mol. The van der Waals surface area contributed by atoms with Crippen LogP contribution in [0.25, 0.3) is 0 Å². The number of nitrogens with zero attached hydrogens (tertiary/aromatic N) is 1. The highest BCUT2D eigenvalue weighted by Gasteiger charge is 2.61. The maximum absolute atomic E-state index is 11.0. The fourth-order valence-corrected chi connectivity index (χ4v) is 6.16. The third kappa shape index (κ3) is 1.98. The molecule has 128 valence electrons. The van der Waals surface area contributed by atoms with Crippen LogP contribution in [0.1, 0.15) is 50.2 Å². The number of hydrogen-bond donors (Lipinski definition) is 3. The molecule has 4 heteroatoms. The summed E-state index contributed by atoms with van der Waals surface area (Å²) >= 11 is 0. The van der Waals surface area contributed by atoms with Crippen LogP contribution in [0.2, 0.25) is 0 Å². The third-order valence-electron chi connectivity index (χ3n) is 7.33. The van der Waals surface area contributed by atoms with Crippen molar-refractivity contribution in [1.29, 1.82) is 5.26 Å². The predicted molar refractivity (Wildman–Crippen MR) is 89.3 cm³/mol. The maximum Gasteiger partial charge on any atom is 0.115 e. The summed E-state index contributed by atoms with van der Waals surface area (Å²) in [5.41, 5.74) is 1.34. The number of aliphatic hydroxyl groups is 2. The summed E-state index contributed by atoms with van der Waals surface area (Å²) in [5, 5.41) is 40.3. The molecule has 3 aliphatic carbocycles. The zero-order chi connectivity index (χ0) is 17.1. The molecule has 3 N–H and O–H groups in total. The average Bonchev–Trinajstić information content (AvgIpc) is 2.78. The van der Waals surface area contributed by atoms with Crippen LogP contribution >= 0.6 is 0 Å². The van der Waals surface area contributed by atoms with Crippen molar-refractivity contribution >= 4 is 0 Å². The van der Waals surface area contributed by atoms with Crippen molar-refractivity contribution in [3.8, 4) is 11.8 Å². The first-order chi connectivity index (χ1) is 11.4. The van der Waals surface area contributed by atoms with Crippen molar-refractivity contribution in [3.63, 3.8) is 0 Å². The lowest BCUT2D eigenvalue weighted by Gasteiger charge is -2.53. The molecule has 0 heterocycles. The molecule has 0 bridgehead atoms. The van der Waals surface area contributed by atoms with Crippen molar-refractivity contribution in [2.75, 3.05) is 0 Å². The molecule has 6 atom stereocenters. The molecule has 0 aliphatic heterocycles. The first kappa shape index (κ1) is 15.9. The molecule has 0 spiro atoms. The number of aliphatic hydroxyl groups excluding tert-OH is 1. The van der Waals surface area contributed by atoms with Gasteiger partial charge < -0.3 is 15.3 Å². The Morgan fingerprint density at radius 2 is 2.08 bits per heavy atom. The van der Waals surface area contributed by atoms with Crippen LogP contribution in [0, 0.1) is 29.1 Å². The number of phenols is 1. The molecular weight excluding hydrogens is 302 g/mol. The summed E-state index contributed by atoms with van der Waals surface area (Å²) in [5.74, 6) is 1.02. The number of fused-ring (bicyclic) bond motifs is 5. The Balaban J connectivity index is 1.72. The van der Waals surface area contributed by atoms with Crippen molar-refractivity contribution in [1.82, 2.24) is 0 Å². The smallest absolute Gasteiger partial charge is 0.115 e. The van der Waals surface area contributed by atoms with Gasteiger partial charge in [-0.25, -0.2) is 0 Å². The van der Waals surface area contributed by atoms with Gasteiger partial charge in [0.05, 0.1) is 18.6 Å².